The second-order valence-electron chi connectivity index (χ2n) is 4.86. The first-order valence-electron chi connectivity index (χ1n) is 6.81. The first-order chi connectivity index (χ1) is 11.1. The number of hydrogen-bond acceptors (Lipinski definition) is 4. The Balaban J connectivity index is 1.68. The normalized spacial score (nSPS) is 11.9. The average Bonchev–Trinajstić information content (AvgIpc) is 3.36. The summed E-state index contributed by atoms with van der Waals surface area (Å²) in [7, 11) is 0. The van der Waals surface area contributed by atoms with Gasteiger partial charge in [-0.15, -0.1) is 45.3 Å². The fourth-order valence-corrected chi connectivity index (χ4v) is 6.68. The minimum absolute atomic E-state index is 0.962. The molecule has 0 spiro atoms. The first kappa shape index (κ1) is 15.9. The van der Waals surface area contributed by atoms with Crippen molar-refractivity contribution in [3.63, 3.8) is 0 Å². The minimum atomic E-state index is -1.000. The van der Waals surface area contributed by atoms with Crippen LogP contribution in [0.1, 0.15) is 9.75 Å². The van der Waals surface area contributed by atoms with Gasteiger partial charge in [-0.2, -0.15) is 0 Å². The van der Waals surface area contributed by atoms with Gasteiger partial charge in [-0.25, -0.2) is 0 Å². The number of thiophene rings is 4. The van der Waals surface area contributed by atoms with Gasteiger partial charge >= 0.3 is 0 Å². The molecule has 4 aromatic heterocycles. The van der Waals surface area contributed by atoms with E-state index in [9.17, 15) is 0 Å². The van der Waals surface area contributed by atoms with Crippen molar-refractivity contribution in [2.75, 3.05) is 0 Å². The monoisotopic (exact) mass is 412 g/mol. The van der Waals surface area contributed by atoms with Crippen LogP contribution in [0.15, 0.2) is 59.3 Å². The molecule has 4 heterocycles. The summed E-state index contributed by atoms with van der Waals surface area (Å²) in [5.74, 6) is 0. The van der Waals surface area contributed by atoms with Crippen LogP contribution in [-0.4, -0.2) is 0 Å². The molecular formula is C17H10Cl2S4. The maximum absolute atomic E-state index is 6.73. The summed E-state index contributed by atoms with van der Waals surface area (Å²) in [6.07, 6.45) is 0. The molecule has 0 aromatic carbocycles. The van der Waals surface area contributed by atoms with E-state index in [1.807, 2.05) is 12.1 Å². The van der Waals surface area contributed by atoms with Crippen molar-refractivity contribution in [2.24, 2.45) is 0 Å². The van der Waals surface area contributed by atoms with Gasteiger partial charge in [-0.3, -0.25) is 0 Å². The molecule has 0 unspecified atom stereocenters. The summed E-state index contributed by atoms with van der Waals surface area (Å²) < 4.78 is -1.000. The fraction of sp³-hybridized carbons (Fsp3) is 0.0588. The standard InChI is InChI=1S/C17H10Cl2S4/c18-17(19,15-7-5-13(22-15)11-3-1-9-20-11)16-8-6-14(23-16)12-4-2-10-21-12/h1-10H. The summed E-state index contributed by atoms with van der Waals surface area (Å²) in [5.41, 5.74) is 0. The Hall–Kier alpha value is -0.620. The highest BCUT2D eigenvalue weighted by atomic mass is 35.5. The van der Waals surface area contributed by atoms with E-state index in [2.05, 4.69) is 47.2 Å². The van der Waals surface area contributed by atoms with Crippen LogP contribution in [0.25, 0.3) is 19.5 Å². The third-order valence-electron chi connectivity index (χ3n) is 3.36. The predicted octanol–water partition coefficient (Wildman–Crippen LogP) is 7.95. The predicted molar refractivity (Wildman–Crippen MR) is 108 cm³/mol. The molecule has 4 aromatic rings. The fourth-order valence-electron chi connectivity index (χ4n) is 2.24. The Morgan fingerprint density at radius 3 is 1.48 bits per heavy atom. The molecule has 0 N–H and O–H groups in total. The van der Waals surface area contributed by atoms with E-state index >= 15 is 0 Å². The molecule has 23 heavy (non-hydrogen) atoms. The van der Waals surface area contributed by atoms with Crippen LogP contribution in [0, 0.1) is 0 Å². The summed E-state index contributed by atoms with van der Waals surface area (Å²) >= 11 is 20.2. The number of hydrogen-bond donors (Lipinski definition) is 0. The summed E-state index contributed by atoms with van der Waals surface area (Å²) in [6, 6.07) is 16.6. The van der Waals surface area contributed by atoms with Gasteiger partial charge in [-0.1, -0.05) is 35.3 Å². The van der Waals surface area contributed by atoms with Gasteiger partial charge in [0.1, 0.15) is 0 Å². The molecule has 6 heteroatoms. The van der Waals surface area contributed by atoms with Crippen LogP contribution in [0.5, 0.6) is 0 Å². The maximum atomic E-state index is 6.73. The average molecular weight is 413 g/mol. The quantitative estimate of drug-likeness (QED) is 0.298. The lowest BCUT2D eigenvalue weighted by atomic mass is 10.2. The second-order valence-corrected chi connectivity index (χ2v) is 10.2. The molecule has 0 aliphatic heterocycles. The van der Waals surface area contributed by atoms with Crippen LogP contribution < -0.4 is 0 Å². The van der Waals surface area contributed by atoms with Gasteiger partial charge in [0.25, 0.3) is 0 Å². The maximum Gasteiger partial charge on any atom is 0.186 e. The van der Waals surface area contributed by atoms with Crippen LogP contribution in [0.4, 0.5) is 0 Å². The molecular weight excluding hydrogens is 403 g/mol. The Bertz CT molecular complexity index is 824. The zero-order valence-electron chi connectivity index (χ0n) is 11.7. The van der Waals surface area contributed by atoms with Gasteiger partial charge in [0.15, 0.2) is 4.33 Å². The Morgan fingerprint density at radius 1 is 0.609 bits per heavy atom. The molecule has 0 radical (unpaired) electrons. The van der Waals surface area contributed by atoms with Crippen LogP contribution in [0.3, 0.4) is 0 Å². The highest BCUT2D eigenvalue weighted by molar-refractivity contribution is 7.23. The molecule has 0 aliphatic rings. The lowest BCUT2D eigenvalue weighted by Gasteiger charge is -2.15. The van der Waals surface area contributed by atoms with E-state index in [-0.39, 0.29) is 0 Å². The van der Waals surface area contributed by atoms with Crippen molar-refractivity contribution < 1.29 is 0 Å². The highest BCUT2D eigenvalue weighted by Crippen LogP contribution is 2.49. The second kappa shape index (κ2) is 6.36. The van der Waals surface area contributed by atoms with Crippen LogP contribution >= 0.6 is 68.5 Å². The summed E-state index contributed by atoms with van der Waals surface area (Å²) in [6.45, 7) is 0. The Labute approximate surface area is 160 Å². The topological polar surface area (TPSA) is 0 Å². The molecule has 0 bridgehead atoms. The number of halogens is 2. The third kappa shape index (κ3) is 3.04. The number of alkyl halides is 2. The summed E-state index contributed by atoms with van der Waals surface area (Å²) in [4.78, 5) is 6.82. The first-order valence-corrected chi connectivity index (χ1v) is 11.0. The SMILES string of the molecule is ClC(Cl)(c1ccc(-c2cccs2)s1)c1ccc(-c2cccs2)s1. The van der Waals surface area contributed by atoms with E-state index in [4.69, 9.17) is 23.2 Å². The van der Waals surface area contributed by atoms with Gasteiger partial charge < -0.3 is 0 Å². The molecule has 0 nitrogen and oxygen atoms in total. The smallest absolute Gasteiger partial charge is 0.143 e. The van der Waals surface area contributed by atoms with Gasteiger partial charge in [0.05, 0.1) is 0 Å². The molecule has 116 valence electrons. The number of rotatable bonds is 4. The third-order valence-corrected chi connectivity index (χ3v) is 9.16. The zero-order chi connectivity index (χ0) is 15.9. The zero-order valence-corrected chi connectivity index (χ0v) is 16.4. The van der Waals surface area contributed by atoms with Crippen molar-refractivity contribution >= 4 is 68.5 Å². The van der Waals surface area contributed by atoms with Gasteiger partial charge in [-0.05, 0) is 47.2 Å². The summed E-state index contributed by atoms with van der Waals surface area (Å²) in [5, 5.41) is 4.16. The van der Waals surface area contributed by atoms with Crippen molar-refractivity contribution in [3.05, 3.63) is 69.0 Å². The molecule has 0 fully saturated rings. The van der Waals surface area contributed by atoms with Crippen LogP contribution in [0.2, 0.25) is 0 Å². The van der Waals surface area contributed by atoms with Crippen molar-refractivity contribution in [1.29, 1.82) is 0 Å². The van der Waals surface area contributed by atoms with E-state index in [0.29, 0.717) is 0 Å². The Morgan fingerprint density at radius 2 is 1.09 bits per heavy atom. The van der Waals surface area contributed by atoms with Crippen molar-refractivity contribution in [1.82, 2.24) is 0 Å². The molecule has 0 saturated heterocycles. The molecule has 0 aliphatic carbocycles. The molecule has 0 amide bonds. The van der Waals surface area contributed by atoms with Crippen molar-refractivity contribution in [3.8, 4) is 19.5 Å². The minimum Gasteiger partial charge on any atom is -0.143 e. The highest BCUT2D eigenvalue weighted by Gasteiger charge is 2.33. The van der Waals surface area contributed by atoms with Gasteiger partial charge in [0, 0.05) is 29.3 Å². The van der Waals surface area contributed by atoms with E-state index in [1.54, 1.807) is 45.3 Å². The molecule has 0 saturated carbocycles. The van der Waals surface area contributed by atoms with Crippen LogP contribution in [-0.2, 0) is 4.33 Å². The molecule has 0 atom stereocenters. The van der Waals surface area contributed by atoms with Gasteiger partial charge in [0.2, 0.25) is 0 Å². The van der Waals surface area contributed by atoms with E-state index in [1.165, 1.54) is 19.5 Å². The Kier molecular flexibility index (Phi) is 4.39. The lowest BCUT2D eigenvalue weighted by molar-refractivity contribution is 1.12. The molecule has 4 rings (SSSR count). The lowest BCUT2D eigenvalue weighted by Crippen LogP contribution is -2.07. The largest absolute Gasteiger partial charge is 0.186 e. The van der Waals surface area contributed by atoms with E-state index in [0.717, 1.165) is 9.75 Å². The van der Waals surface area contributed by atoms with E-state index < -0.39 is 4.33 Å². The van der Waals surface area contributed by atoms with Crippen molar-refractivity contribution in [2.45, 2.75) is 4.33 Å².